The summed E-state index contributed by atoms with van der Waals surface area (Å²) in [5.41, 5.74) is -1.12. The van der Waals surface area contributed by atoms with E-state index in [-0.39, 0.29) is 37.0 Å². The number of nitrogens with one attached hydrogen (secondary N) is 1. The van der Waals surface area contributed by atoms with Gasteiger partial charge in [-0.15, -0.1) is 0 Å². The molecule has 0 saturated carbocycles. The molecule has 200 valence electrons. The number of benzene rings is 1. The molecule has 0 bridgehead atoms. The van der Waals surface area contributed by atoms with Crippen LogP contribution in [0.1, 0.15) is 58.6 Å². The van der Waals surface area contributed by atoms with Gasteiger partial charge in [-0.05, 0) is 37.3 Å². The highest BCUT2D eigenvalue weighted by atomic mass is 19.4. The maximum absolute atomic E-state index is 13.5. The van der Waals surface area contributed by atoms with Gasteiger partial charge in [0.1, 0.15) is 5.69 Å². The minimum Gasteiger partial charge on any atom is -0.352 e. The Balaban J connectivity index is 1.22. The summed E-state index contributed by atoms with van der Waals surface area (Å²) in [4.78, 5) is 47.1. The highest BCUT2D eigenvalue weighted by Gasteiger charge is 2.39. The Morgan fingerprint density at radius 1 is 1.05 bits per heavy atom. The van der Waals surface area contributed by atoms with Crippen LogP contribution in [0.4, 0.5) is 13.2 Å². The summed E-state index contributed by atoms with van der Waals surface area (Å²) in [6.45, 7) is 1.09. The van der Waals surface area contributed by atoms with Crippen molar-refractivity contribution in [2.75, 3.05) is 19.6 Å². The number of carbonyl (C=O) groups is 3. The van der Waals surface area contributed by atoms with Crippen LogP contribution in [0.5, 0.6) is 0 Å². The Bertz CT molecular complexity index is 1260. The predicted octanol–water partition coefficient (Wildman–Crippen LogP) is 3.70. The van der Waals surface area contributed by atoms with Gasteiger partial charge in [0.05, 0.1) is 17.4 Å². The van der Waals surface area contributed by atoms with Crippen LogP contribution in [-0.2, 0) is 11.0 Å². The lowest BCUT2D eigenvalue weighted by molar-refractivity contribution is -0.141. The third kappa shape index (κ3) is 6.81. The number of alkyl halides is 3. The van der Waals surface area contributed by atoms with Crippen molar-refractivity contribution in [1.82, 2.24) is 30.0 Å². The second-order valence-corrected chi connectivity index (χ2v) is 9.07. The molecule has 38 heavy (non-hydrogen) atoms. The summed E-state index contributed by atoms with van der Waals surface area (Å²) in [5.74, 6) is -0.902. The van der Waals surface area contributed by atoms with Gasteiger partial charge in [-0.1, -0.05) is 18.2 Å². The predicted molar refractivity (Wildman–Crippen MR) is 130 cm³/mol. The molecule has 1 aliphatic heterocycles. The summed E-state index contributed by atoms with van der Waals surface area (Å²) >= 11 is 0. The van der Waals surface area contributed by atoms with Gasteiger partial charge >= 0.3 is 6.18 Å². The first kappa shape index (κ1) is 27.0. The van der Waals surface area contributed by atoms with E-state index in [1.54, 1.807) is 35.2 Å². The lowest BCUT2D eigenvalue weighted by Crippen LogP contribution is -2.39. The van der Waals surface area contributed by atoms with Crippen LogP contribution in [0, 0.1) is 5.92 Å². The average molecular weight is 529 g/mol. The zero-order valence-electron chi connectivity index (χ0n) is 20.5. The third-order valence-corrected chi connectivity index (χ3v) is 6.39. The molecule has 0 radical (unpaired) electrons. The molecular formula is C26H27F3N6O3. The van der Waals surface area contributed by atoms with Crippen LogP contribution >= 0.6 is 0 Å². The number of nitrogens with zero attached hydrogens (tertiary/aromatic N) is 5. The largest absolute Gasteiger partial charge is 0.435 e. The summed E-state index contributed by atoms with van der Waals surface area (Å²) in [7, 11) is 0. The van der Waals surface area contributed by atoms with Gasteiger partial charge in [0.25, 0.3) is 5.91 Å². The molecule has 0 spiro atoms. The summed E-state index contributed by atoms with van der Waals surface area (Å²) < 4.78 is 41.5. The van der Waals surface area contributed by atoms with Crippen LogP contribution in [-0.4, -0.2) is 61.9 Å². The fourth-order valence-corrected chi connectivity index (χ4v) is 4.35. The third-order valence-electron chi connectivity index (χ3n) is 6.39. The summed E-state index contributed by atoms with van der Waals surface area (Å²) in [5, 5.41) is 6.04. The standard InChI is InChI=1S/C26H27F3N6O3/c27-26(28,29)24-20(17-35(33-24)19-5-2-1-3-6-19)25(38)32-10-4-7-23(37)34-13-8-18(9-14-34)15-22(36)21-16-30-11-12-31-21/h1-3,5-6,11-12,16-18H,4,7-10,13-15H2,(H,32,38). The minimum atomic E-state index is -4.80. The smallest absolute Gasteiger partial charge is 0.352 e. The zero-order chi connectivity index (χ0) is 27.1. The lowest BCUT2D eigenvalue weighted by Gasteiger charge is -2.31. The second-order valence-electron chi connectivity index (χ2n) is 9.07. The number of ketones is 1. The first-order valence-electron chi connectivity index (χ1n) is 12.3. The molecule has 3 heterocycles. The zero-order valence-corrected chi connectivity index (χ0v) is 20.5. The highest BCUT2D eigenvalue weighted by Crippen LogP contribution is 2.31. The number of hydrogen-bond donors (Lipinski definition) is 1. The van der Waals surface area contributed by atoms with Crippen molar-refractivity contribution in [3.63, 3.8) is 0 Å². The van der Waals surface area contributed by atoms with Gasteiger partial charge in [-0.25, -0.2) is 9.67 Å². The van der Waals surface area contributed by atoms with Crippen LogP contribution in [0.2, 0.25) is 0 Å². The van der Waals surface area contributed by atoms with Crippen molar-refractivity contribution >= 4 is 17.6 Å². The number of amides is 2. The highest BCUT2D eigenvalue weighted by molar-refractivity contribution is 5.95. The molecule has 0 aliphatic carbocycles. The Morgan fingerprint density at radius 2 is 1.79 bits per heavy atom. The van der Waals surface area contributed by atoms with Crippen LogP contribution < -0.4 is 5.32 Å². The van der Waals surface area contributed by atoms with Gasteiger partial charge in [0, 0.05) is 51.1 Å². The lowest BCUT2D eigenvalue weighted by atomic mass is 9.91. The molecule has 12 heteroatoms. The molecule has 1 aliphatic rings. The van der Waals surface area contributed by atoms with Crippen molar-refractivity contribution in [2.24, 2.45) is 5.92 Å². The van der Waals surface area contributed by atoms with Crippen molar-refractivity contribution in [1.29, 1.82) is 0 Å². The van der Waals surface area contributed by atoms with Crippen LogP contribution in [0.25, 0.3) is 5.69 Å². The summed E-state index contributed by atoms with van der Waals surface area (Å²) in [6, 6.07) is 8.20. The van der Waals surface area contributed by atoms with Gasteiger partial charge in [0.2, 0.25) is 5.91 Å². The van der Waals surface area contributed by atoms with Crippen molar-refractivity contribution in [2.45, 2.75) is 38.3 Å². The number of hydrogen-bond acceptors (Lipinski definition) is 6. The van der Waals surface area contributed by atoms with Gasteiger partial charge in [0.15, 0.2) is 11.5 Å². The maximum atomic E-state index is 13.5. The quantitative estimate of drug-likeness (QED) is 0.335. The Hall–Kier alpha value is -4.09. The SMILES string of the molecule is O=C(CC1CCN(C(=O)CCCNC(=O)c2cn(-c3ccccc3)nc2C(F)(F)F)CC1)c1cnccn1. The number of Topliss-reactive ketones (excluding diaryl/α,β-unsaturated/α-hetero) is 1. The molecule has 1 fully saturated rings. The molecule has 2 aromatic heterocycles. The number of aromatic nitrogens is 4. The molecule has 4 rings (SSSR count). The summed E-state index contributed by atoms with van der Waals surface area (Å²) in [6.07, 6.45) is 2.86. The van der Waals surface area contributed by atoms with E-state index in [1.807, 2.05) is 0 Å². The molecule has 0 atom stereocenters. The number of rotatable bonds is 9. The van der Waals surface area contributed by atoms with E-state index < -0.39 is 23.3 Å². The van der Waals surface area contributed by atoms with E-state index in [1.165, 1.54) is 18.6 Å². The van der Waals surface area contributed by atoms with Crippen molar-refractivity contribution < 1.29 is 27.6 Å². The monoisotopic (exact) mass is 528 g/mol. The molecular weight excluding hydrogens is 501 g/mol. The molecule has 1 aromatic carbocycles. The van der Waals surface area contributed by atoms with E-state index in [4.69, 9.17) is 0 Å². The molecule has 3 aromatic rings. The molecule has 0 unspecified atom stereocenters. The number of likely N-dealkylation sites (tertiary alicyclic amines) is 1. The first-order valence-corrected chi connectivity index (χ1v) is 12.3. The van der Waals surface area contributed by atoms with E-state index in [2.05, 4.69) is 20.4 Å². The average Bonchev–Trinajstić information content (AvgIpc) is 3.39. The Kier molecular flexibility index (Phi) is 8.49. The van der Waals surface area contributed by atoms with Gasteiger partial charge in [-0.3, -0.25) is 19.4 Å². The van der Waals surface area contributed by atoms with E-state index in [0.717, 1.165) is 10.9 Å². The van der Waals surface area contributed by atoms with Crippen molar-refractivity contribution in [3.05, 3.63) is 72.1 Å². The molecule has 2 amide bonds. The van der Waals surface area contributed by atoms with E-state index in [9.17, 15) is 27.6 Å². The normalized spacial score (nSPS) is 14.3. The maximum Gasteiger partial charge on any atom is 0.435 e. The van der Waals surface area contributed by atoms with Crippen LogP contribution in [0.3, 0.4) is 0 Å². The second kappa shape index (κ2) is 12.0. The topological polar surface area (TPSA) is 110 Å². The van der Waals surface area contributed by atoms with Crippen LogP contribution in [0.15, 0.2) is 55.1 Å². The van der Waals surface area contributed by atoms with Gasteiger partial charge < -0.3 is 10.2 Å². The molecule has 1 N–H and O–H groups in total. The number of para-hydroxylation sites is 1. The van der Waals surface area contributed by atoms with E-state index in [0.29, 0.717) is 43.7 Å². The number of piperidine rings is 1. The number of halogens is 3. The van der Waals surface area contributed by atoms with Crippen molar-refractivity contribution in [3.8, 4) is 5.69 Å². The first-order chi connectivity index (χ1) is 18.2. The van der Waals surface area contributed by atoms with Gasteiger partial charge in [-0.2, -0.15) is 18.3 Å². The fourth-order valence-electron chi connectivity index (χ4n) is 4.35. The molecule has 9 nitrogen and oxygen atoms in total. The Labute approximate surface area is 217 Å². The minimum absolute atomic E-state index is 0.0431. The number of carbonyl (C=O) groups excluding carboxylic acids is 3. The fraction of sp³-hybridized carbons (Fsp3) is 0.385. The van der Waals surface area contributed by atoms with E-state index >= 15 is 0 Å². The Morgan fingerprint density at radius 3 is 2.45 bits per heavy atom. The molecule has 1 saturated heterocycles.